The molecule has 102 valence electrons. The molecule has 0 unspecified atom stereocenters. The molecule has 0 aliphatic carbocycles. The van der Waals surface area contributed by atoms with Crippen LogP contribution in [0.4, 0.5) is 0 Å². The van der Waals surface area contributed by atoms with Gasteiger partial charge in [0.1, 0.15) is 0 Å². The standard InChI is InChI=1S/C14H15Br2ClN2/c1-19-7-6-13(18-19)8-14(9-15,10-16)11-2-4-12(17)5-3-11/h2-7H,8-10H2,1H3. The number of alkyl halides is 2. The second-order valence-corrected chi connectivity index (χ2v) is 6.27. The van der Waals surface area contributed by atoms with Gasteiger partial charge in [-0.15, -0.1) is 0 Å². The number of aromatic nitrogens is 2. The van der Waals surface area contributed by atoms with E-state index in [1.807, 2.05) is 30.1 Å². The maximum absolute atomic E-state index is 5.97. The number of hydrogen-bond donors (Lipinski definition) is 0. The van der Waals surface area contributed by atoms with Crippen molar-refractivity contribution in [3.05, 3.63) is 52.8 Å². The first-order valence-corrected chi connectivity index (χ1v) is 8.58. The number of rotatable bonds is 5. The molecule has 0 fully saturated rings. The summed E-state index contributed by atoms with van der Waals surface area (Å²) in [5, 5.41) is 6.98. The van der Waals surface area contributed by atoms with Gasteiger partial charge in [0.2, 0.25) is 0 Å². The van der Waals surface area contributed by atoms with Gasteiger partial charge >= 0.3 is 0 Å². The van der Waals surface area contributed by atoms with Crippen LogP contribution in [0, 0.1) is 0 Å². The zero-order valence-electron chi connectivity index (χ0n) is 10.6. The number of hydrogen-bond acceptors (Lipinski definition) is 1. The van der Waals surface area contributed by atoms with Gasteiger partial charge in [-0.3, -0.25) is 4.68 Å². The Kier molecular flexibility index (Phi) is 5.09. The number of nitrogens with zero attached hydrogens (tertiary/aromatic N) is 2. The Balaban J connectivity index is 2.33. The lowest BCUT2D eigenvalue weighted by Gasteiger charge is -2.30. The molecule has 1 heterocycles. The summed E-state index contributed by atoms with van der Waals surface area (Å²) in [5.74, 6) is 0. The van der Waals surface area contributed by atoms with E-state index in [0.29, 0.717) is 0 Å². The van der Waals surface area contributed by atoms with Gasteiger partial charge in [-0.1, -0.05) is 55.6 Å². The van der Waals surface area contributed by atoms with E-state index in [1.165, 1.54) is 5.56 Å². The predicted octanol–water partition coefficient (Wildman–Crippen LogP) is 4.34. The highest BCUT2D eigenvalue weighted by atomic mass is 79.9. The third kappa shape index (κ3) is 3.41. The number of benzene rings is 1. The smallest absolute Gasteiger partial charge is 0.0633 e. The fourth-order valence-electron chi connectivity index (χ4n) is 2.09. The molecule has 0 radical (unpaired) electrons. The Morgan fingerprint density at radius 3 is 2.26 bits per heavy atom. The van der Waals surface area contributed by atoms with Crippen LogP contribution in [-0.2, 0) is 18.9 Å². The van der Waals surface area contributed by atoms with Crippen LogP contribution in [0.5, 0.6) is 0 Å². The lowest BCUT2D eigenvalue weighted by atomic mass is 9.80. The third-order valence-corrected chi connectivity index (χ3v) is 5.66. The average Bonchev–Trinajstić information content (AvgIpc) is 2.82. The lowest BCUT2D eigenvalue weighted by molar-refractivity contribution is 0.537. The van der Waals surface area contributed by atoms with E-state index in [0.717, 1.165) is 27.8 Å². The van der Waals surface area contributed by atoms with Crippen LogP contribution >= 0.6 is 43.5 Å². The van der Waals surface area contributed by atoms with Crippen molar-refractivity contribution in [2.45, 2.75) is 11.8 Å². The molecule has 19 heavy (non-hydrogen) atoms. The highest BCUT2D eigenvalue weighted by Gasteiger charge is 2.31. The fraction of sp³-hybridized carbons (Fsp3) is 0.357. The van der Waals surface area contributed by atoms with E-state index in [4.69, 9.17) is 11.6 Å². The summed E-state index contributed by atoms with van der Waals surface area (Å²) < 4.78 is 1.84. The molecule has 2 rings (SSSR count). The molecule has 0 aliphatic rings. The predicted molar refractivity (Wildman–Crippen MR) is 87.6 cm³/mol. The van der Waals surface area contributed by atoms with Gasteiger partial charge in [-0.25, -0.2) is 0 Å². The monoisotopic (exact) mass is 404 g/mol. The van der Waals surface area contributed by atoms with Gasteiger partial charge < -0.3 is 0 Å². The quantitative estimate of drug-likeness (QED) is 0.676. The van der Waals surface area contributed by atoms with Crippen LogP contribution in [0.3, 0.4) is 0 Å². The first-order valence-electron chi connectivity index (χ1n) is 5.96. The van der Waals surface area contributed by atoms with Crippen LogP contribution in [0.15, 0.2) is 36.5 Å². The fourth-order valence-corrected chi connectivity index (χ4v) is 4.19. The Labute approximate surface area is 135 Å². The van der Waals surface area contributed by atoms with E-state index in [9.17, 15) is 0 Å². The molecule has 1 aromatic heterocycles. The van der Waals surface area contributed by atoms with Gasteiger partial charge in [-0.05, 0) is 23.8 Å². The van der Waals surface area contributed by atoms with Crippen LogP contribution in [0.2, 0.25) is 5.02 Å². The average molecular weight is 407 g/mol. The molecule has 2 nitrogen and oxygen atoms in total. The summed E-state index contributed by atoms with van der Waals surface area (Å²) in [7, 11) is 1.94. The van der Waals surface area contributed by atoms with Crippen molar-refractivity contribution >= 4 is 43.5 Å². The summed E-state index contributed by atoms with van der Waals surface area (Å²) in [6, 6.07) is 10.1. The van der Waals surface area contributed by atoms with Gasteiger partial charge in [0, 0.05) is 40.8 Å². The first-order chi connectivity index (χ1) is 9.09. The number of halogens is 3. The minimum atomic E-state index is -0.0149. The Morgan fingerprint density at radius 1 is 1.16 bits per heavy atom. The zero-order valence-corrected chi connectivity index (χ0v) is 14.5. The van der Waals surface area contributed by atoms with E-state index in [1.54, 1.807) is 0 Å². The molecule has 0 saturated carbocycles. The van der Waals surface area contributed by atoms with E-state index in [2.05, 4.69) is 55.2 Å². The maximum Gasteiger partial charge on any atom is 0.0633 e. The molecule has 0 bridgehead atoms. The van der Waals surface area contributed by atoms with Crippen molar-refractivity contribution < 1.29 is 0 Å². The second-order valence-electron chi connectivity index (χ2n) is 4.71. The van der Waals surface area contributed by atoms with Crippen LogP contribution in [0.1, 0.15) is 11.3 Å². The molecule has 0 N–H and O–H groups in total. The molecule has 5 heteroatoms. The Hall–Kier alpha value is -0.320. The molecule has 0 saturated heterocycles. The van der Waals surface area contributed by atoms with Crippen molar-refractivity contribution in [1.82, 2.24) is 9.78 Å². The van der Waals surface area contributed by atoms with Crippen LogP contribution < -0.4 is 0 Å². The normalized spacial score (nSPS) is 11.8. The van der Waals surface area contributed by atoms with Crippen LogP contribution in [-0.4, -0.2) is 20.4 Å². The minimum Gasteiger partial charge on any atom is -0.276 e. The Bertz CT molecular complexity index is 533. The third-order valence-electron chi connectivity index (χ3n) is 3.26. The lowest BCUT2D eigenvalue weighted by Crippen LogP contribution is -2.33. The molecule has 0 spiro atoms. The zero-order chi connectivity index (χ0) is 13.9. The molecular formula is C14H15Br2ClN2. The molecule has 0 atom stereocenters. The summed E-state index contributed by atoms with van der Waals surface area (Å²) in [5.41, 5.74) is 2.34. The van der Waals surface area contributed by atoms with Crippen molar-refractivity contribution in [3.8, 4) is 0 Å². The van der Waals surface area contributed by atoms with Gasteiger partial charge in [-0.2, -0.15) is 5.10 Å². The second kappa shape index (κ2) is 6.42. The van der Waals surface area contributed by atoms with Crippen molar-refractivity contribution in [2.24, 2.45) is 7.05 Å². The molecule has 2 aromatic rings. The van der Waals surface area contributed by atoms with Crippen molar-refractivity contribution in [2.75, 3.05) is 10.7 Å². The number of aryl methyl sites for hydroxylation is 1. The molecular weight excluding hydrogens is 391 g/mol. The SMILES string of the molecule is Cn1ccc(CC(CBr)(CBr)c2ccc(Cl)cc2)n1. The van der Waals surface area contributed by atoms with Gasteiger partial charge in [0.25, 0.3) is 0 Å². The Morgan fingerprint density at radius 2 is 1.79 bits per heavy atom. The highest BCUT2D eigenvalue weighted by Crippen LogP contribution is 2.33. The van der Waals surface area contributed by atoms with Gasteiger partial charge in [0.15, 0.2) is 0 Å². The molecule has 0 amide bonds. The molecule has 0 aliphatic heterocycles. The summed E-state index contributed by atoms with van der Waals surface area (Å²) >= 11 is 13.3. The largest absolute Gasteiger partial charge is 0.276 e. The van der Waals surface area contributed by atoms with Gasteiger partial charge in [0.05, 0.1) is 5.69 Å². The highest BCUT2D eigenvalue weighted by molar-refractivity contribution is 9.09. The van der Waals surface area contributed by atoms with Crippen LogP contribution in [0.25, 0.3) is 0 Å². The minimum absolute atomic E-state index is 0.0149. The van der Waals surface area contributed by atoms with Crippen molar-refractivity contribution in [3.63, 3.8) is 0 Å². The van der Waals surface area contributed by atoms with E-state index >= 15 is 0 Å². The van der Waals surface area contributed by atoms with Crippen molar-refractivity contribution in [1.29, 1.82) is 0 Å². The van der Waals surface area contributed by atoms with E-state index in [-0.39, 0.29) is 5.41 Å². The molecule has 1 aromatic carbocycles. The summed E-state index contributed by atoms with van der Waals surface area (Å²) in [4.78, 5) is 0. The maximum atomic E-state index is 5.97. The topological polar surface area (TPSA) is 17.8 Å². The summed E-state index contributed by atoms with van der Waals surface area (Å²) in [6.45, 7) is 0. The van der Waals surface area contributed by atoms with E-state index < -0.39 is 0 Å². The first kappa shape index (κ1) is 15.1. The summed E-state index contributed by atoms with van der Waals surface area (Å²) in [6.07, 6.45) is 2.86.